The molecule has 0 aliphatic carbocycles. The number of halogens is 5. The first-order valence-electron chi connectivity index (χ1n) is 8.81. The zero-order valence-electron chi connectivity index (χ0n) is 14.9. The van der Waals surface area contributed by atoms with E-state index in [0.29, 0.717) is 19.0 Å². The summed E-state index contributed by atoms with van der Waals surface area (Å²) in [6, 6.07) is 5.73. The number of likely N-dealkylation sites (tertiary alicyclic amines) is 1. The molecule has 4 nitrogen and oxygen atoms in total. The first-order chi connectivity index (χ1) is 11.9. The van der Waals surface area contributed by atoms with Crippen molar-refractivity contribution in [3.05, 3.63) is 35.4 Å². The van der Waals surface area contributed by atoms with Crippen LogP contribution in [-0.4, -0.2) is 42.5 Å². The van der Waals surface area contributed by atoms with Crippen LogP contribution < -0.4 is 10.6 Å². The van der Waals surface area contributed by atoms with Gasteiger partial charge in [0.05, 0.1) is 5.56 Å². The van der Waals surface area contributed by atoms with Crippen molar-refractivity contribution >= 4 is 30.7 Å². The molecule has 1 aromatic carbocycles. The van der Waals surface area contributed by atoms with Crippen molar-refractivity contribution in [2.75, 3.05) is 19.6 Å². The molecule has 0 bridgehead atoms. The van der Waals surface area contributed by atoms with E-state index < -0.39 is 11.7 Å². The molecule has 0 aromatic heterocycles. The molecule has 27 heavy (non-hydrogen) atoms. The van der Waals surface area contributed by atoms with E-state index >= 15 is 0 Å². The molecule has 2 fully saturated rings. The predicted octanol–water partition coefficient (Wildman–Crippen LogP) is 3.38. The van der Waals surface area contributed by atoms with Crippen molar-refractivity contribution in [2.24, 2.45) is 0 Å². The molecule has 2 N–H and O–H groups in total. The predicted molar refractivity (Wildman–Crippen MR) is 103 cm³/mol. The third-order valence-corrected chi connectivity index (χ3v) is 4.92. The number of alkyl halides is 3. The van der Waals surface area contributed by atoms with E-state index in [4.69, 9.17) is 0 Å². The minimum atomic E-state index is -4.30. The molecule has 0 radical (unpaired) electrons. The number of nitrogens with one attached hydrogen (secondary N) is 2. The first-order valence-corrected chi connectivity index (χ1v) is 8.81. The average Bonchev–Trinajstić information content (AvgIpc) is 3.19. The second-order valence-corrected chi connectivity index (χ2v) is 6.98. The average molecular weight is 428 g/mol. The van der Waals surface area contributed by atoms with Crippen LogP contribution in [0.4, 0.5) is 13.2 Å². The number of hydrogen-bond donors (Lipinski definition) is 2. The molecule has 2 aliphatic rings. The van der Waals surface area contributed by atoms with E-state index in [1.807, 2.05) is 0 Å². The summed E-state index contributed by atoms with van der Waals surface area (Å²) in [5, 5.41) is 6.40. The molecule has 0 spiro atoms. The highest BCUT2D eigenvalue weighted by Crippen LogP contribution is 2.29. The smallest absolute Gasteiger partial charge is 0.352 e. The highest BCUT2D eigenvalue weighted by molar-refractivity contribution is 5.85. The van der Waals surface area contributed by atoms with Crippen molar-refractivity contribution in [3.63, 3.8) is 0 Å². The molecular weight excluding hydrogens is 402 g/mol. The van der Waals surface area contributed by atoms with Gasteiger partial charge in [0.1, 0.15) is 0 Å². The largest absolute Gasteiger partial charge is 0.416 e. The first kappa shape index (κ1) is 24.0. The van der Waals surface area contributed by atoms with Crippen LogP contribution >= 0.6 is 24.8 Å². The third kappa shape index (κ3) is 7.14. The van der Waals surface area contributed by atoms with Crippen LogP contribution in [0.15, 0.2) is 24.3 Å². The van der Waals surface area contributed by atoms with Crippen molar-refractivity contribution < 1.29 is 18.0 Å². The quantitative estimate of drug-likeness (QED) is 0.756. The highest BCUT2D eigenvalue weighted by Gasteiger charge is 2.30. The summed E-state index contributed by atoms with van der Waals surface area (Å²) in [5.41, 5.74) is 0.235. The second-order valence-electron chi connectivity index (χ2n) is 6.98. The van der Waals surface area contributed by atoms with E-state index in [9.17, 15) is 18.0 Å². The minimum absolute atomic E-state index is 0. The van der Waals surface area contributed by atoms with Gasteiger partial charge in [0.25, 0.3) is 0 Å². The Hall–Kier alpha value is -1.02. The minimum Gasteiger partial charge on any atom is -0.352 e. The molecule has 1 aromatic rings. The Bertz CT molecular complexity index is 593. The lowest BCUT2D eigenvalue weighted by atomic mass is 10.1. The van der Waals surface area contributed by atoms with Gasteiger partial charge in [-0.2, -0.15) is 13.2 Å². The van der Waals surface area contributed by atoms with Crippen LogP contribution in [0, 0.1) is 0 Å². The topological polar surface area (TPSA) is 44.4 Å². The molecule has 2 saturated heterocycles. The Labute approximate surface area is 170 Å². The number of rotatable bonds is 5. The number of carbonyl (C=O) groups excluding carboxylic acids is 1. The van der Waals surface area contributed by atoms with Gasteiger partial charge >= 0.3 is 6.18 Å². The Morgan fingerprint density at radius 3 is 2.48 bits per heavy atom. The summed E-state index contributed by atoms with van der Waals surface area (Å²) in [6.45, 7) is 3.18. The van der Waals surface area contributed by atoms with Crippen molar-refractivity contribution in [1.29, 1.82) is 0 Å². The van der Waals surface area contributed by atoms with Gasteiger partial charge in [-0.05, 0) is 43.5 Å². The number of amides is 1. The van der Waals surface area contributed by atoms with Crippen LogP contribution in [-0.2, 0) is 17.5 Å². The van der Waals surface area contributed by atoms with Crippen molar-refractivity contribution in [3.8, 4) is 0 Å². The molecular formula is C18H26Cl2F3N3O. The summed E-state index contributed by atoms with van der Waals surface area (Å²) in [7, 11) is 0. The second kappa shape index (κ2) is 10.5. The van der Waals surface area contributed by atoms with Crippen LogP contribution in [0.25, 0.3) is 0 Å². The van der Waals surface area contributed by atoms with Crippen LogP contribution in [0.1, 0.15) is 36.8 Å². The van der Waals surface area contributed by atoms with E-state index in [1.165, 1.54) is 12.1 Å². The standard InChI is InChI=1S/C18H24F3N3O.2ClH/c19-18(20,21)14-5-3-13(4-6-14)11-24-9-7-16(12-24)23-17(25)10-15-2-1-8-22-15;;/h3-6,15-16,22H,1-2,7-12H2,(H,23,25);2*1H. The van der Waals surface area contributed by atoms with Gasteiger partial charge in [-0.3, -0.25) is 9.69 Å². The number of hydrogen-bond acceptors (Lipinski definition) is 3. The van der Waals surface area contributed by atoms with E-state index in [1.54, 1.807) is 0 Å². The van der Waals surface area contributed by atoms with Crippen LogP contribution in [0.2, 0.25) is 0 Å². The zero-order valence-corrected chi connectivity index (χ0v) is 16.6. The van der Waals surface area contributed by atoms with E-state index in [-0.39, 0.29) is 36.8 Å². The fraction of sp³-hybridized carbons (Fsp3) is 0.611. The van der Waals surface area contributed by atoms with Gasteiger partial charge in [-0.1, -0.05) is 12.1 Å². The van der Waals surface area contributed by atoms with Crippen LogP contribution in [0.3, 0.4) is 0 Å². The Kier molecular flexibility index (Phi) is 9.34. The molecule has 3 rings (SSSR count). The van der Waals surface area contributed by atoms with Gasteiger partial charge in [0.15, 0.2) is 0 Å². The zero-order chi connectivity index (χ0) is 17.9. The summed E-state index contributed by atoms with van der Waals surface area (Å²) in [5.74, 6) is 0.0841. The summed E-state index contributed by atoms with van der Waals surface area (Å²) in [6.07, 6.45) is -0.712. The van der Waals surface area contributed by atoms with Gasteiger partial charge in [-0.15, -0.1) is 24.8 Å². The fourth-order valence-electron chi connectivity index (χ4n) is 3.59. The fourth-order valence-corrected chi connectivity index (χ4v) is 3.59. The van der Waals surface area contributed by atoms with Gasteiger partial charge in [0.2, 0.25) is 5.91 Å². The summed E-state index contributed by atoms with van der Waals surface area (Å²) < 4.78 is 37.8. The molecule has 2 heterocycles. The third-order valence-electron chi connectivity index (χ3n) is 4.92. The van der Waals surface area contributed by atoms with Crippen LogP contribution in [0.5, 0.6) is 0 Å². The molecule has 0 saturated carbocycles. The molecule has 9 heteroatoms. The number of benzene rings is 1. The molecule has 154 valence electrons. The van der Waals surface area contributed by atoms with E-state index in [2.05, 4.69) is 15.5 Å². The lowest BCUT2D eigenvalue weighted by molar-refractivity contribution is -0.137. The lowest BCUT2D eigenvalue weighted by Crippen LogP contribution is -2.39. The summed E-state index contributed by atoms with van der Waals surface area (Å²) in [4.78, 5) is 14.2. The monoisotopic (exact) mass is 427 g/mol. The molecule has 2 atom stereocenters. The van der Waals surface area contributed by atoms with Crippen molar-refractivity contribution in [1.82, 2.24) is 15.5 Å². The van der Waals surface area contributed by atoms with Crippen molar-refractivity contribution in [2.45, 2.75) is 50.5 Å². The Morgan fingerprint density at radius 2 is 1.89 bits per heavy atom. The van der Waals surface area contributed by atoms with Gasteiger partial charge < -0.3 is 10.6 Å². The lowest BCUT2D eigenvalue weighted by Gasteiger charge is -2.18. The number of nitrogens with zero attached hydrogens (tertiary/aromatic N) is 1. The maximum Gasteiger partial charge on any atom is 0.416 e. The van der Waals surface area contributed by atoms with E-state index in [0.717, 1.165) is 56.6 Å². The highest BCUT2D eigenvalue weighted by atomic mass is 35.5. The Morgan fingerprint density at radius 1 is 1.19 bits per heavy atom. The SMILES string of the molecule is Cl.Cl.O=C(CC1CCCN1)NC1CCN(Cc2ccc(C(F)(F)F)cc2)C1. The molecule has 2 aliphatic heterocycles. The summed E-state index contributed by atoms with van der Waals surface area (Å²) >= 11 is 0. The van der Waals surface area contributed by atoms with Gasteiger partial charge in [0, 0.05) is 38.1 Å². The normalized spacial score (nSPS) is 22.8. The molecule has 2 unspecified atom stereocenters. The maximum absolute atomic E-state index is 12.6. The maximum atomic E-state index is 12.6. The Balaban J connectivity index is 0.00000182. The number of carbonyl (C=O) groups is 1. The molecule has 1 amide bonds. The van der Waals surface area contributed by atoms with Gasteiger partial charge in [-0.25, -0.2) is 0 Å².